The van der Waals surface area contributed by atoms with Crippen LogP contribution >= 0.6 is 11.3 Å². The topological polar surface area (TPSA) is 47.4 Å². The van der Waals surface area contributed by atoms with Crippen molar-refractivity contribution < 1.29 is 9.53 Å². The zero-order valence-electron chi connectivity index (χ0n) is 12.8. The van der Waals surface area contributed by atoms with Crippen molar-refractivity contribution in [3.63, 3.8) is 0 Å². The summed E-state index contributed by atoms with van der Waals surface area (Å²) in [4.78, 5) is 16.5. The zero-order valence-corrected chi connectivity index (χ0v) is 13.6. The van der Waals surface area contributed by atoms with Crippen LogP contribution in [0.4, 0.5) is 0 Å². The summed E-state index contributed by atoms with van der Waals surface area (Å²) in [6, 6.07) is 1.98. The van der Waals surface area contributed by atoms with Gasteiger partial charge in [0.2, 0.25) is 0 Å². The third kappa shape index (κ3) is 2.70. The molecule has 114 valence electrons. The fourth-order valence-corrected chi connectivity index (χ4v) is 4.05. The van der Waals surface area contributed by atoms with Crippen LogP contribution in [0, 0.1) is 6.92 Å². The fourth-order valence-electron chi connectivity index (χ4n) is 2.96. The van der Waals surface area contributed by atoms with E-state index in [4.69, 9.17) is 4.74 Å². The lowest BCUT2D eigenvalue weighted by molar-refractivity contribution is 0.00742. The van der Waals surface area contributed by atoms with E-state index in [9.17, 15) is 4.79 Å². The molecule has 6 heteroatoms. The number of carbonyl (C=O) groups is 1. The van der Waals surface area contributed by atoms with Crippen LogP contribution in [-0.2, 0) is 11.8 Å². The Hall–Kier alpha value is -1.40. The number of piperidine rings is 1. The normalized spacial score (nSPS) is 19.4. The first-order valence-corrected chi connectivity index (χ1v) is 8.25. The summed E-state index contributed by atoms with van der Waals surface area (Å²) >= 11 is 1.53. The van der Waals surface area contributed by atoms with Gasteiger partial charge >= 0.3 is 0 Å². The molecule has 1 saturated heterocycles. The van der Waals surface area contributed by atoms with Crippen LogP contribution < -0.4 is 0 Å². The Morgan fingerprint density at radius 1 is 1.57 bits per heavy atom. The van der Waals surface area contributed by atoms with Crippen LogP contribution in [0.3, 0.4) is 0 Å². The Kier molecular flexibility index (Phi) is 3.99. The third-order valence-electron chi connectivity index (χ3n) is 3.97. The predicted octanol–water partition coefficient (Wildman–Crippen LogP) is 2.58. The maximum absolute atomic E-state index is 12.7. The summed E-state index contributed by atoms with van der Waals surface area (Å²) in [5.41, 5.74) is 0.980. The minimum absolute atomic E-state index is 0.125. The lowest BCUT2D eigenvalue weighted by Crippen LogP contribution is -2.43. The van der Waals surface area contributed by atoms with Crippen LogP contribution in [0.1, 0.15) is 35.1 Å². The number of likely N-dealkylation sites (tertiary alicyclic amines) is 1. The summed E-state index contributed by atoms with van der Waals surface area (Å²) in [7, 11) is 1.92. The van der Waals surface area contributed by atoms with Crippen molar-refractivity contribution in [1.29, 1.82) is 0 Å². The number of amides is 1. The summed E-state index contributed by atoms with van der Waals surface area (Å²) in [6.07, 6.45) is 2.25. The van der Waals surface area contributed by atoms with Crippen LogP contribution in [0.15, 0.2) is 6.07 Å². The Morgan fingerprint density at radius 2 is 2.38 bits per heavy atom. The molecule has 21 heavy (non-hydrogen) atoms. The smallest absolute Gasteiger partial charge is 0.264 e. The average molecular weight is 307 g/mol. The second kappa shape index (κ2) is 5.77. The van der Waals surface area contributed by atoms with Crippen molar-refractivity contribution in [2.45, 2.75) is 32.8 Å². The quantitative estimate of drug-likeness (QED) is 0.875. The van der Waals surface area contributed by atoms with Crippen molar-refractivity contribution in [3.8, 4) is 0 Å². The standard InChI is InChI=1S/C15H21N3O2S/c1-4-20-11-6-5-7-18(9-11)14(19)13-8-12-10(2)16-17(3)15(12)21-13/h8,11H,4-7,9H2,1-3H3. The number of fused-ring (bicyclic) bond motifs is 1. The Labute approximate surface area is 128 Å². The second-order valence-corrected chi connectivity index (χ2v) is 6.54. The van der Waals surface area contributed by atoms with Gasteiger partial charge in [-0.3, -0.25) is 9.48 Å². The number of hydrogen-bond acceptors (Lipinski definition) is 4. The molecule has 5 nitrogen and oxygen atoms in total. The van der Waals surface area contributed by atoms with Gasteiger partial charge in [-0.25, -0.2) is 0 Å². The molecule has 1 aliphatic heterocycles. The number of rotatable bonds is 3. The van der Waals surface area contributed by atoms with E-state index in [-0.39, 0.29) is 12.0 Å². The summed E-state index contributed by atoms with van der Waals surface area (Å²) in [5.74, 6) is 0.125. The first-order valence-electron chi connectivity index (χ1n) is 7.44. The van der Waals surface area contributed by atoms with Crippen LogP contribution in [0.5, 0.6) is 0 Å². The fraction of sp³-hybridized carbons (Fsp3) is 0.600. The highest BCUT2D eigenvalue weighted by Crippen LogP contribution is 2.29. The van der Waals surface area contributed by atoms with Crippen molar-refractivity contribution in [2.75, 3.05) is 19.7 Å². The number of thiophene rings is 1. The predicted molar refractivity (Wildman–Crippen MR) is 83.9 cm³/mol. The maximum atomic E-state index is 12.7. The number of nitrogens with zero attached hydrogens (tertiary/aromatic N) is 3. The molecule has 3 rings (SSSR count). The lowest BCUT2D eigenvalue weighted by atomic mass is 10.1. The van der Waals surface area contributed by atoms with Crippen molar-refractivity contribution in [3.05, 3.63) is 16.6 Å². The molecule has 1 unspecified atom stereocenters. The van der Waals surface area contributed by atoms with Gasteiger partial charge < -0.3 is 9.64 Å². The molecule has 1 fully saturated rings. The van der Waals surface area contributed by atoms with Crippen LogP contribution in [0.2, 0.25) is 0 Å². The lowest BCUT2D eigenvalue weighted by Gasteiger charge is -2.32. The molecule has 0 radical (unpaired) electrons. The van der Waals surface area contributed by atoms with Gasteiger partial charge in [-0.2, -0.15) is 5.10 Å². The minimum atomic E-state index is 0.125. The van der Waals surface area contributed by atoms with Gasteiger partial charge in [0.05, 0.1) is 16.7 Å². The van der Waals surface area contributed by atoms with Gasteiger partial charge in [-0.15, -0.1) is 11.3 Å². The summed E-state index contributed by atoms with van der Waals surface area (Å²) in [6.45, 7) is 6.23. The number of aromatic nitrogens is 2. The van der Waals surface area contributed by atoms with Crippen molar-refractivity contribution >= 4 is 27.5 Å². The number of carbonyl (C=O) groups excluding carboxylic acids is 1. The first-order chi connectivity index (χ1) is 10.1. The summed E-state index contributed by atoms with van der Waals surface area (Å²) in [5, 5.41) is 5.47. The molecule has 2 aromatic rings. The summed E-state index contributed by atoms with van der Waals surface area (Å²) < 4.78 is 7.53. The molecule has 0 spiro atoms. The molecule has 0 aliphatic carbocycles. The molecular formula is C15H21N3O2S. The molecule has 0 aromatic carbocycles. The van der Waals surface area contributed by atoms with Gasteiger partial charge in [0, 0.05) is 32.1 Å². The molecule has 1 amide bonds. The van der Waals surface area contributed by atoms with E-state index in [1.807, 2.05) is 36.5 Å². The van der Waals surface area contributed by atoms with E-state index in [1.165, 1.54) is 11.3 Å². The molecule has 0 bridgehead atoms. The van der Waals surface area contributed by atoms with Gasteiger partial charge in [-0.1, -0.05) is 0 Å². The number of aryl methyl sites for hydroxylation is 2. The van der Waals surface area contributed by atoms with Gasteiger partial charge in [0.15, 0.2) is 0 Å². The highest BCUT2D eigenvalue weighted by molar-refractivity contribution is 7.20. The van der Waals surface area contributed by atoms with E-state index in [1.54, 1.807) is 0 Å². The largest absolute Gasteiger partial charge is 0.377 e. The van der Waals surface area contributed by atoms with Crippen molar-refractivity contribution in [1.82, 2.24) is 14.7 Å². The van der Waals surface area contributed by atoms with E-state index < -0.39 is 0 Å². The molecule has 1 aliphatic rings. The first kappa shape index (κ1) is 14.5. The van der Waals surface area contributed by atoms with Crippen molar-refractivity contribution in [2.24, 2.45) is 7.05 Å². The van der Waals surface area contributed by atoms with Crippen LogP contribution in [0.25, 0.3) is 10.2 Å². The van der Waals surface area contributed by atoms with E-state index >= 15 is 0 Å². The number of ether oxygens (including phenoxy) is 1. The maximum Gasteiger partial charge on any atom is 0.264 e. The van der Waals surface area contributed by atoms with Gasteiger partial charge in [0.1, 0.15) is 4.83 Å². The molecule has 1 atom stereocenters. The molecule has 3 heterocycles. The second-order valence-electron chi connectivity index (χ2n) is 5.51. The monoisotopic (exact) mass is 307 g/mol. The average Bonchev–Trinajstić information content (AvgIpc) is 3.01. The highest BCUT2D eigenvalue weighted by atomic mass is 32.1. The zero-order chi connectivity index (χ0) is 15.0. The molecule has 0 saturated carbocycles. The van der Waals surface area contributed by atoms with Gasteiger partial charge in [0.25, 0.3) is 5.91 Å². The Morgan fingerprint density at radius 3 is 3.10 bits per heavy atom. The SMILES string of the molecule is CCOC1CCCN(C(=O)c2cc3c(C)nn(C)c3s2)C1. The third-order valence-corrected chi connectivity index (χ3v) is 5.16. The molecule has 2 aromatic heterocycles. The molecule has 0 N–H and O–H groups in total. The Balaban J connectivity index is 1.81. The minimum Gasteiger partial charge on any atom is -0.377 e. The van der Waals surface area contributed by atoms with E-state index in [0.29, 0.717) is 13.2 Å². The van der Waals surface area contributed by atoms with E-state index in [2.05, 4.69) is 5.10 Å². The molecular weight excluding hydrogens is 286 g/mol. The highest BCUT2D eigenvalue weighted by Gasteiger charge is 2.26. The van der Waals surface area contributed by atoms with Crippen LogP contribution in [-0.4, -0.2) is 46.4 Å². The Bertz CT molecular complexity index is 625. The van der Waals surface area contributed by atoms with E-state index in [0.717, 1.165) is 40.2 Å². The number of hydrogen-bond donors (Lipinski definition) is 0. The van der Waals surface area contributed by atoms with Gasteiger partial charge in [-0.05, 0) is 32.8 Å².